The molecule has 3 heteroatoms. The van der Waals surface area contributed by atoms with Crippen LogP contribution in [0.15, 0.2) is 0 Å². The molecule has 0 aromatic carbocycles. The van der Waals surface area contributed by atoms with Gasteiger partial charge in [0.25, 0.3) is 0 Å². The molecule has 3 N–H and O–H groups in total. The Morgan fingerprint density at radius 2 is 2.31 bits per heavy atom. The summed E-state index contributed by atoms with van der Waals surface area (Å²) < 4.78 is 0. The number of β-amino-alcohol motifs (C(OH)–C–C–N with tert-alkyl or cyclic N) is 1. The summed E-state index contributed by atoms with van der Waals surface area (Å²) >= 11 is 0. The molecule has 13 heavy (non-hydrogen) atoms. The van der Waals surface area contributed by atoms with Gasteiger partial charge in [-0.15, -0.1) is 0 Å². The van der Waals surface area contributed by atoms with E-state index < -0.39 is 0 Å². The van der Waals surface area contributed by atoms with Crippen LogP contribution in [0.5, 0.6) is 0 Å². The summed E-state index contributed by atoms with van der Waals surface area (Å²) in [6.07, 6.45) is 4.71. The molecule has 1 aliphatic heterocycles. The van der Waals surface area contributed by atoms with Gasteiger partial charge in [0.05, 0.1) is 6.10 Å². The molecule has 1 saturated heterocycles. The molecule has 0 aromatic heterocycles. The van der Waals surface area contributed by atoms with Crippen molar-refractivity contribution in [2.75, 3.05) is 19.6 Å². The van der Waals surface area contributed by atoms with Crippen molar-refractivity contribution < 1.29 is 5.11 Å². The predicted molar refractivity (Wildman–Crippen MR) is 54.6 cm³/mol. The van der Waals surface area contributed by atoms with Crippen LogP contribution in [-0.2, 0) is 0 Å². The van der Waals surface area contributed by atoms with E-state index >= 15 is 0 Å². The van der Waals surface area contributed by atoms with E-state index in [9.17, 15) is 5.11 Å². The summed E-state index contributed by atoms with van der Waals surface area (Å²) in [6.45, 7) is 4.56. The lowest BCUT2D eigenvalue weighted by Crippen LogP contribution is -2.43. The molecule has 1 rings (SSSR count). The third-order valence-electron chi connectivity index (χ3n) is 2.75. The number of piperidine rings is 1. The Morgan fingerprint density at radius 3 is 2.92 bits per heavy atom. The topological polar surface area (TPSA) is 49.5 Å². The maximum atomic E-state index is 9.32. The molecule has 1 fully saturated rings. The molecule has 78 valence electrons. The monoisotopic (exact) mass is 186 g/mol. The van der Waals surface area contributed by atoms with Gasteiger partial charge in [-0.3, -0.25) is 4.90 Å². The van der Waals surface area contributed by atoms with E-state index in [0.717, 1.165) is 26.1 Å². The zero-order chi connectivity index (χ0) is 9.68. The van der Waals surface area contributed by atoms with Gasteiger partial charge in [-0.25, -0.2) is 0 Å². The van der Waals surface area contributed by atoms with Crippen molar-refractivity contribution in [3.8, 4) is 0 Å². The second kappa shape index (κ2) is 5.58. The number of rotatable bonds is 4. The minimum atomic E-state index is -0.210. The van der Waals surface area contributed by atoms with Gasteiger partial charge >= 0.3 is 0 Å². The molecule has 3 nitrogen and oxygen atoms in total. The van der Waals surface area contributed by atoms with Gasteiger partial charge in [0.1, 0.15) is 0 Å². The highest BCUT2D eigenvalue weighted by molar-refractivity contribution is 4.78. The zero-order valence-corrected chi connectivity index (χ0v) is 8.58. The SMILES string of the molecule is CC(O)CN1CCCCC1CCN. The van der Waals surface area contributed by atoms with Gasteiger partial charge in [0, 0.05) is 12.6 Å². The molecule has 0 bridgehead atoms. The Bertz CT molecular complexity index is 137. The lowest BCUT2D eigenvalue weighted by molar-refractivity contribution is 0.0739. The summed E-state index contributed by atoms with van der Waals surface area (Å²) in [4.78, 5) is 2.39. The van der Waals surface area contributed by atoms with Gasteiger partial charge in [0.15, 0.2) is 0 Å². The van der Waals surface area contributed by atoms with Crippen LogP contribution in [0, 0.1) is 0 Å². The van der Waals surface area contributed by atoms with Crippen molar-refractivity contribution >= 4 is 0 Å². The lowest BCUT2D eigenvalue weighted by Gasteiger charge is -2.36. The zero-order valence-electron chi connectivity index (χ0n) is 8.58. The van der Waals surface area contributed by atoms with Gasteiger partial charge in [-0.05, 0) is 39.3 Å². The van der Waals surface area contributed by atoms with Crippen molar-refractivity contribution in [1.29, 1.82) is 0 Å². The Morgan fingerprint density at radius 1 is 1.54 bits per heavy atom. The van der Waals surface area contributed by atoms with Crippen LogP contribution in [0.25, 0.3) is 0 Å². The molecule has 0 saturated carbocycles. The van der Waals surface area contributed by atoms with E-state index in [1.165, 1.54) is 19.3 Å². The molecule has 0 radical (unpaired) electrons. The Balaban J connectivity index is 2.36. The maximum Gasteiger partial charge on any atom is 0.0639 e. The average molecular weight is 186 g/mol. The van der Waals surface area contributed by atoms with E-state index in [4.69, 9.17) is 5.73 Å². The number of likely N-dealkylation sites (tertiary alicyclic amines) is 1. The van der Waals surface area contributed by atoms with Crippen molar-refractivity contribution in [2.24, 2.45) is 5.73 Å². The molecule has 1 aliphatic rings. The second-order valence-corrected chi connectivity index (χ2v) is 4.07. The highest BCUT2D eigenvalue weighted by atomic mass is 16.3. The molecule has 0 aromatic rings. The van der Waals surface area contributed by atoms with E-state index in [-0.39, 0.29) is 6.10 Å². The van der Waals surface area contributed by atoms with E-state index in [1.54, 1.807) is 0 Å². The maximum absolute atomic E-state index is 9.32. The van der Waals surface area contributed by atoms with E-state index in [2.05, 4.69) is 4.90 Å². The fourth-order valence-electron chi connectivity index (χ4n) is 2.16. The first-order valence-corrected chi connectivity index (χ1v) is 5.36. The van der Waals surface area contributed by atoms with Crippen molar-refractivity contribution in [1.82, 2.24) is 4.90 Å². The first-order chi connectivity index (χ1) is 6.24. The predicted octanol–water partition coefficient (Wildman–Crippen LogP) is 0.571. The molecule has 2 unspecified atom stereocenters. The minimum absolute atomic E-state index is 0.210. The van der Waals surface area contributed by atoms with Crippen LogP contribution in [0.1, 0.15) is 32.6 Å². The number of aliphatic hydroxyl groups is 1. The van der Waals surface area contributed by atoms with Gasteiger partial charge in [-0.1, -0.05) is 6.42 Å². The Hall–Kier alpha value is -0.120. The molecule has 0 spiro atoms. The van der Waals surface area contributed by atoms with Gasteiger partial charge < -0.3 is 10.8 Å². The summed E-state index contributed by atoms with van der Waals surface area (Å²) in [5, 5.41) is 9.32. The largest absolute Gasteiger partial charge is 0.392 e. The number of nitrogens with two attached hydrogens (primary N) is 1. The van der Waals surface area contributed by atoms with Gasteiger partial charge in [0.2, 0.25) is 0 Å². The Labute approximate surface area is 80.9 Å². The van der Waals surface area contributed by atoms with Crippen molar-refractivity contribution in [3.05, 3.63) is 0 Å². The van der Waals surface area contributed by atoms with Crippen LogP contribution in [0.3, 0.4) is 0 Å². The minimum Gasteiger partial charge on any atom is -0.392 e. The van der Waals surface area contributed by atoms with Crippen molar-refractivity contribution in [2.45, 2.75) is 44.8 Å². The standard InChI is InChI=1S/C10H22N2O/c1-9(13)8-12-7-3-2-4-10(12)5-6-11/h9-10,13H,2-8,11H2,1H3. The molecule has 1 heterocycles. The normalized spacial score (nSPS) is 27.5. The number of aliphatic hydroxyl groups excluding tert-OH is 1. The summed E-state index contributed by atoms with van der Waals surface area (Å²) in [7, 11) is 0. The second-order valence-electron chi connectivity index (χ2n) is 4.07. The number of nitrogens with zero attached hydrogens (tertiary/aromatic N) is 1. The highest BCUT2D eigenvalue weighted by Crippen LogP contribution is 2.19. The molecule has 0 aliphatic carbocycles. The van der Waals surface area contributed by atoms with Gasteiger partial charge in [-0.2, -0.15) is 0 Å². The fourth-order valence-corrected chi connectivity index (χ4v) is 2.16. The number of hydrogen-bond acceptors (Lipinski definition) is 3. The summed E-state index contributed by atoms with van der Waals surface area (Å²) in [5.74, 6) is 0. The average Bonchev–Trinajstić information content (AvgIpc) is 2.08. The van der Waals surface area contributed by atoms with Crippen LogP contribution in [0.2, 0.25) is 0 Å². The fraction of sp³-hybridized carbons (Fsp3) is 1.00. The van der Waals surface area contributed by atoms with E-state index in [0.29, 0.717) is 6.04 Å². The molecule has 2 atom stereocenters. The number of hydrogen-bond donors (Lipinski definition) is 2. The molecule has 0 amide bonds. The third-order valence-corrected chi connectivity index (χ3v) is 2.75. The smallest absolute Gasteiger partial charge is 0.0639 e. The third kappa shape index (κ3) is 3.63. The van der Waals surface area contributed by atoms with E-state index in [1.807, 2.05) is 6.92 Å². The quantitative estimate of drug-likeness (QED) is 0.675. The first-order valence-electron chi connectivity index (χ1n) is 5.36. The van der Waals surface area contributed by atoms with Crippen LogP contribution >= 0.6 is 0 Å². The summed E-state index contributed by atoms with van der Waals surface area (Å²) in [5.41, 5.74) is 5.56. The van der Waals surface area contributed by atoms with Crippen LogP contribution in [-0.4, -0.2) is 41.8 Å². The van der Waals surface area contributed by atoms with Crippen molar-refractivity contribution in [3.63, 3.8) is 0 Å². The Kier molecular flexibility index (Phi) is 4.70. The van der Waals surface area contributed by atoms with Crippen LogP contribution < -0.4 is 5.73 Å². The molecular weight excluding hydrogens is 164 g/mol. The molecular formula is C10H22N2O. The lowest BCUT2D eigenvalue weighted by atomic mass is 9.99. The highest BCUT2D eigenvalue weighted by Gasteiger charge is 2.22. The summed E-state index contributed by atoms with van der Waals surface area (Å²) in [6, 6.07) is 0.619. The van der Waals surface area contributed by atoms with Crippen LogP contribution in [0.4, 0.5) is 0 Å². The first kappa shape index (κ1) is 11.0.